The fourth-order valence-corrected chi connectivity index (χ4v) is 1.72. The molecule has 1 heterocycles. The SMILES string of the molecule is CN(Cc1ccc(F)cc1)c1ncncc1C(=O)O. The molecule has 0 saturated carbocycles. The molecule has 1 N–H and O–H groups in total. The molecule has 0 bridgehead atoms. The molecule has 0 spiro atoms. The molecular weight excluding hydrogens is 249 g/mol. The molecule has 2 rings (SSSR count). The van der Waals surface area contributed by atoms with Crippen LogP contribution < -0.4 is 4.90 Å². The van der Waals surface area contributed by atoms with Gasteiger partial charge in [-0.25, -0.2) is 19.2 Å². The first kappa shape index (κ1) is 12.9. The molecule has 0 aliphatic carbocycles. The van der Waals surface area contributed by atoms with Crippen molar-refractivity contribution in [3.8, 4) is 0 Å². The van der Waals surface area contributed by atoms with Crippen molar-refractivity contribution >= 4 is 11.8 Å². The summed E-state index contributed by atoms with van der Waals surface area (Å²) >= 11 is 0. The molecule has 98 valence electrons. The first-order chi connectivity index (χ1) is 9.08. The first-order valence-corrected chi connectivity index (χ1v) is 5.57. The maximum Gasteiger partial charge on any atom is 0.341 e. The number of benzene rings is 1. The van der Waals surface area contributed by atoms with Gasteiger partial charge in [0.1, 0.15) is 23.5 Å². The zero-order valence-electron chi connectivity index (χ0n) is 10.2. The van der Waals surface area contributed by atoms with E-state index in [0.29, 0.717) is 12.4 Å². The van der Waals surface area contributed by atoms with Gasteiger partial charge < -0.3 is 10.0 Å². The fraction of sp³-hybridized carbons (Fsp3) is 0.154. The van der Waals surface area contributed by atoms with E-state index in [0.717, 1.165) is 5.56 Å². The number of carboxylic acid groups (broad SMARTS) is 1. The summed E-state index contributed by atoms with van der Waals surface area (Å²) in [5.74, 6) is -1.06. The van der Waals surface area contributed by atoms with Crippen LogP contribution >= 0.6 is 0 Å². The van der Waals surface area contributed by atoms with Crippen molar-refractivity contribution in [3.05, 3.63) is 53.7 Å². The second-order valence-corrected chi connectivity index (χ2v) is 4.05. The molecule has 5 nitrogen and oxygen atoms in total. The Labute approximate surface area is 109 Å². The Morgan fingerprint density at radius 2 is 2.05 bits per heavy atom. The van der Waals surface area contributed by atoms with Crippen molar-refractivity contribution in [1.29, 1.82) is 0 Å². The standard InChI is InChI=1S/C13H12FN3O2/c1-17(7-9-2-4-10(14)5-3-9)12-11(13(18)19)6-15-8-16-12/h2-6,8H,7H2,1H3,(H,18,19). The van der Waals surface area contributed by atoms with Crippen LogP contribution in [0.3, 0.4) is 0 Å². The van der Waals surface area contributed by atoms with Gasteiger partial charge in [-0.2, -0.15) is 0 Å². The molecule has 0 aliphatic rings. The van der Waals surface area contributed by atoms with Gasteiger partial charge in [-0.1, -0.05) is 12.1 Å². The van der Waals surface area contributed by atoms with E-state index in [4.69, 9.17) is 5.11 Å². The van der Waals surface area contributed by atoms with Gasteiger partial charge in [-0.15, -0.1) is 0 Å². The fourth-order valence-electron chi connectivity index (χ4n) is 1.72. The van der Waals surface area contributed by atoms with Crippen LogP contribution in [0, 0.1) is 5.82 Å². The highest BCUT2D eigenvalue weighted by Crippen LogP contribution is 2.17. The normalized spacial score (nSPS) is 10.2. The molecule has 1 aromatic carbocycles. The van der Waals surface area contributed by atoms with Gasteiger partial charge in [0.25, 0.3) is 0 Å². The van der Waals surface area contributed by atoms with E-state index in [9.17, 15) is 9.18 Å². The molecule has 0 unspecified atom stereocenters. The summed E-state index contributed by atoms with van der Waals surface area (Å²) in [4.78, 5) is 20.4. The molecule has 1 aromatic heterocycles. The predicted molar refractivity (Wildman–Crippen MR) is 67.5 cm³/mol. The van der Waals surface area contributed by atoms with Gasteiger partial charge in [0.2, 0.25) is 0 Å². The summed E-state index contributed by atoms with van der Waals surface area (Å²) in [7, 11) is 1.72. The topological polar surface area (TPSA) is 66.3 Å². The summed E-state index contributed by atoms with van der Waals surface area (Å²) in [6.45, 7) is 0.428. The molecule has 0 fully saturated rings. The second-order valence-electron chi connectivity index (χ2n) is 4.05. The molecule has 19 heavy (non-hydrogen) atoms. The Kier molecular flexibility index (Phi) is 3.70. The van der Waals surface area contributed by atoms with E-state index < -0.39 is 5.97 Å². The number of carbonyl (C=O) groups is 1. The van der Waals surface area contributed by atoms with Crippen LogP contribution in [0.15, 0.2) is 36.8 Å². The minimum atomic E-state index is -1.08. The number of aromatic nitrogens is 2. The maximum absolute atomic E-state index is 12.8. The van der Waals surface area contributed by atoms with Crippen LogP contribution in [0.4, 0.5) is 10.2 Å². The molecule has 0 amide bonds. The van der Waals surface area contributed by atoms with Crippen molar-refractivity contribution in [1.82, 2.24) is 9.97 Å². The quantitative estimate of drug-likeness (QED) is 0.911. The molecule has 2 aromatic rings. The number of rotatable bonds is 4. The smallest absolute Gasteiger partial charge is 0.341 e. The average Bonchev–Trinajstić information content (AvgIpc) is 2.41. The minimum Gasteiger partial charge on any atom is -0.477 e. The van der Waals surface area contributed by atoms with Crippen molar-refractivity contribution in [3.63, 3.8) is 0 Å². The minimum absolute atomic E-state index is 0.0344. The number of hydrogen-bond donors (Lipinski definition) is 1. The van der Waals surface area contributed by atoms with Gasteiger partial charge in [-0.05, 0) is 17.7 Å². The number of anilines is 1. The first-order valence-electron chi connectivity index (χ1n) is 5.57. The van der Waals surface area contributed by atoms with Crippen LogP contribution in [0.5, 0.6) is 0 Å². The highest BCUT2D eigenvalue weighted by Gasteiger charge is 2.15. The van der Waals surface area contributed by atoms with Gasteiger partial charge in [0, 0.05) is 19.8 Å². The lowest BCUT2D eigenvalue weighted by Crippen LogP contribution is -2.21. The van der Waals surface area contributed by atoms with Gasteiger partial charge in [0.15, 0.2) is 0 Å². The lowest BCUT2D eigenvalue weighted by Gasteiger charge is -2.19. The molecule has 0 atom stereocenters. The highest BCUT2D eigenvalue weighted by molar-refractivity contribution is 5.92. The van der Waals surface area contributed by atoms with Crippen molar-refractivity contribution < 1.29 is 14.3 Å². The van der Waals surface area contributed by atoms with Crippen LogP contribution in [-0.2, 0) is 6.54 Å². The van der Waals surface area contributed by atoms with Gasteiger partial charge >= 0.3 is 5.97 Å². The Bertz CT molecular complexity index is 587. The third-order valence-electron chi connectivity index (χ3n) is 2.62. The maximum atomic E-state index is 12.8. The second kappa shape index (κ2) is 5.43. The van der Waals surface area contributed by atoms with Crippen molar-refractivity contribution in [2.75, 3.05) is 11.9 Å². The van der Waals surface area contributed by atoms with Crippen LogP contribution in [0.2, 0.25) is 0 Å². The Morgan fingerprint density at radius 1 is 1.37 bits per heavy atom. The summed E-state index contributed by atoms with van der Waals surface area (Å²) in [5, 5.41) is 9.06. The summed E-state index contributed by atoms with van der Waals surface area (Å²) in [6, 6.07) is 6.02. The molecule has 0 radical (unpaired) electrons. The number of nitrogens with zero attached hydrogens (tertiary/aromatic N) is 3. The van der Waals surface area contributed by atoms with E-state index in [1.807, 2.05) is 0 Å². The lowest BCUT2D eigenvalue weighted by atomic mass is 10.2. The molecule has 6 heteroatoms. The van der Waals surface area contributed by atoms with E-state index in [2.05, 4.69) is 9.97 Å². The summed E-state index contributed by atoms with van der Waals surface area (Å²) in [5.41, 5.74) is 0.894. The summed E-state index contributed by atoms with van der Waals surface area (Å²) < 4.78 is 12.8. The highest BCUT2D eigenvalue weighted by atomic mass is 19.1. The molecule has 0 saturated heterocycles. The Balaban J connectivity index is 2.22. The number of halogens is 1. The van der Waals surface area contributed by atoms with Gasteiger partial charge in [0.05, 0.1) is 0 Å². The zero-order valence-corrected chi connectivity index (χ0v) is 10.2. The third kappa shape index (κ3) is 3.04. The number of carboxylic acids is 1. The molecular formula is C13H12FN3O2. The van der Waals surface area contributed by atoms with E-state index >= 15 is 0 Å². The lowest BCUT2D eigenvalue weighted by molar-refractivity contribution is 0.0696. The van der Waals surface area contributed by atoms with E-state index in [1.54, 1.807) is 24.1 Å². The Morgan fingerprint density at radius 3 is 2.68 bits per heavy atom. The van der Waals surface area contributed by atoms with Crippen LogP contribution in [-0.4, -0.2) is 28.1 Å². The average molecular weight is 261 g/mol. The van der Waals surface area contributed by atoms with Crippen LogP contribution in [0.25, 0.3) is 0 Å². The largest absolute Gasteiger partial charge is 0.477 e. The van der Waals surface area contributed by atoms with Crippen molar-refractivity contribution in [2.24, 2.45) is 0 Å². The van der Waals surface area contributed by atoms with E-state index in [1.165, 1.54) is 24.7 Å². The van der Waals surface area contributed by atoms with Crippen molar-refractivity contribution in [2.45, 2.75) is 6.54 Å². The summed E-state index contributed by atoms with van der Waals surface area (Å²) in [6.07, 6.45) is 2.55. The van der Waals surface area contributed by atoms with Gasteiger partial charge in [-0.3, -0.25) is 0 Å². The Hall–Kier alpha value is -2.50. The van der Waals surface area contributed by atoms with Crippen LogP contribution in [0.1, 0.15) is 15.9 Å². The molecule has 0 aliphatic heterocycles. The monoisotopic (exact) mass is 261 g/mol. The predicted octanol–water partition coefficient (Wildman–Crippen LogP) is 1.95. The zero-order chi connectivity index (χ0) is 13.8. The third-order valence-corrected chi connectivity index (χ3v) is 2.62. The number of hydrogen-bond acceptors (Lipinski definition) is 4. The number of aromatic carboxylic acids is 1. The van der Waals surface area contributed by atoms with E-state index in [-0.39, 0.29) is 11.4 Å².